The summed E-state index contributed by atoms with van der Waals surface area (Å²) < 4.78 is 0. The number of rotatable bonds is 2. The molecule has 3 N–H and O–H groups in total. The van der Waals surface area contributed by atoms with Crippen LogP contribution in [0.4, 0.5) is 5.69 Å². The Kier molecular flexibility index (Phi) is 3.71. The van der Waals surface area contributed by atoms with Gasteiger partial charge in [-0.1, -0.05) is 18.1 Å². The van der Waals surface area contributed by atoms with Crippen molar-refractivity contribution in [2.45, 2.75) is 13.5 Å². The molecule has 1 aromatic rings. The van der Waals surface area contributed by atoms with Crippen LogP contribution in [0.3, 0.4) is 0 Å². The fourth-order valence-electron chi connectivity index (χ4n) is 1.00. The Morgan fingerprint density at radius 3 is 2.57 bits per heavy atom. The zero-order chi connectivity index (χ0) is 10.4. The average molecular weight is 188 g/mol. The third-order valence-corrected chi connectivity index (χ3v) is 1.69. The first-order valence-corrected chi connectivity index (χ1v) is 4.29. The number of carbonyl (C=O) groups excluding carboxylic acids is 1. The lowest BCUT2D eigenvalue weighted by molar-refractivity contribution is -0.111. The number of hydrogen-bond donors (Lipinski definition) is 2. The van der Waals surface area contributed by atoms with Crippen LogP contribution in [0.15, 0.2) is 24.3 Å². The van der Waals surface area contributed by atoms with Gasteiger partial charge in [0, 0.05) is 12.2 Å². The predicted octanol–water partition coefficient (Wildman–Crippen LogP) is 1.11. The molecular weight excluding hydrogens is 176 g/mol. The minimum Gasteiger partial charge on any atom is -0.326 e. The smallest absolute Gasteiger partial charge is 0.300 e. The number of amides is 1. The van der Waals surface area contributed by atoms with Gasteiger partial charge in [-0.2, -0.15) is 0 Å². The van der Waals surface area contributed by atoms with E-state index in [0.29, 0.717) is 6.54 Å². The average Bonchev–Trinajstić information content (AvgIpc) is 2.19. The molecule has 0 aliphatic rings. The first-order chi connectivity index (χ1) is 6.76. The third-order valence-electron chi connectivity index (χ3n) is 1.69. The highest BCUT2D eigenvalue weighted by Gasteiger charge is 1.96. The Balaban J connectivity index is 2.67. The standard InChI is InChI=1S/C11H12N2O/c1-2-3-11(14)13-10-6-4-9(8-12)5-7-10/h4-7H,8,12H2,1H3,(H,13,14). The van der Waals surface area contributed by atoms with Gasteiger partial charge in [0.05, 0.1) is 0 Å². The molecule has 0 spiro atoms. The van der Waals surface area contributed by atoms with Crippen LogP contribution < -0.4 is 11.1 Å². The molecule has 1 amide bonds. The van der Waals surface area contributed by atoms with E-state index in [-0.39, 0.29) is 5.91 Å². The summed E-state index contributed by atoms with van der Waals surface area (Å²) in [7, 11) is 0. The second kappa shape index (κ2) is 5.05. The summed E-state index contributed by atoms with van der Waals surface area (Å²) in [6.07, 6.45) is 0. The molecule has 0 heterocycles. The van der Waals surface area contributed by atoms with Crippen molar-refractivity contribution < 1.29 is 4.79 Å². The van der Waals surface area contributed by atoms with E-state index < -0.39 is 0 Å². The second-order valence-corrected chi connectivity index (χ2v) is 2.73. The summed E-state index contributed by atoms with van der Waals surface area (Å²) in [6, 6.07) is 7.35. The van der Waals surface area contributed by atoms with Crippen LogP contribution in [0.2, 0.25) is 0 Å². The molecule has 3 nitrogen and oxygen atoms in total. The molecule has 0 atom stereocenters. The lowest BCUT2D eigenvalue weighted by Gasteiger charge is -2.01. The van der Waals surface area contributed by atoms with Crippen LogP contribution in [0.5, 0.6) is 0 Å². The van der Waals surface area contributed by atoms with Crippen molar-refractivity contribution in [2.24, 2.45) is 5.73 Å². The summed E-state index contributed by atoms with van der Waals surface area (Å²) in [5.74, 6) is 4.63. The number of nitrogens with one attached hydrogen (secondary N) is 1. The van der Waals surface area contributed by atoms with E-state index >= 15 is 0 Å². The summed E-state index contributed by atoms with van der Waals surface area (Å²) in [5, 5.41) is 2.64. The van der Waals surface area contributed by atoms with Crippen molar-refractivity contribution >= 4 is 11.6 Å². The molecule has 72 valence electrons. The summed E-state index contributed by atoms with van der Waals surface area (Å²) >= 11 is 0. The third kappa shape index (κ3) is 2.92. The van der Waals surface area contributed by atoms with E-state index in [1.165, 1.54) is 0 Å². The van der Waals surface area contributed by atoms with Crippen LogP contribution in [0.1, 0.15) is 12.5 Å². The summed E-state index contributed by atoms with van der Waals surface area (Å²) in [4.78, 5) is 11.1. The summed E-state index contributed by atoms with van der Waals surface area (Å²) in [5.41, 5.74) is 7.20. The quantitative estimate of drug-likeness (QED) is 0.683. The maximum atomic E-state index is 11.1. The van der Waals surface area contributed by atoms with Gasteiger partial charge in [-0.3, -0.25) is 4.79 Å². The zero-order valence-corrected chi connectivity index (χ0v) is 8.00. The van der Waals surface area contributed by atoms with Crippen LogP contribution in [-0.4, -0.2) is 5.91 Å². The van der Waals surface area contributed by atoms with Gasteiger partial charge in [0.1, 0.15) is 0 Å². The molecule has 0 aliphatic carbocycles. The molecule has 1 rings (SSSR count). The van der Waals surface area contributed by atoms with Gasteiger partial charge in [0.2, 0.25) is 0 Å². The molecule has 0 bridgehead atoms. The molecule has 0 radical (unpaired) electrons. The molecular formula is C11H12N2O. The van der Waals surface area contributed by atoms with E-state index in [0.717, 1.165) is 11.3 Å². The first kappa shape index (κ1) is 10.3. The fourth-order valence-corrected chi connectivity index (χ4v) is 1.00. The van der Waals surface area contributed by atoms with Crippen molar-refractivity contribution in [2.75, 3.05) is 5.32 Å². The highest BCUT2D eigenvalue weighted by Crippen LogP contribution is 2.08. The fraction of sp³-hybridized carbons (Fsp3) is 0.182. The monoisotopic (exact) mass is 188 g/mol. The van der Waals surface area contributed by atoms with Crippen LogP contribution in [0.25, 0.3) is 0 Å². The molecule has 0 aliphatic heterocycles. The topological polar surface area (TPSA) is 55.1 Å². The minimum absolute atomic E-state index is 0.298. The second-order valence-electron chi connectivity index (χ2n) is 2.73. The molecule has 0 unspecified atom stereocenters. The van der Waals surface area contributed by atoms with E-state index in [9.17, 15) is 4.79 Å². The van der Waals surface area contributed by atoms with E-state index in [4.69, 9.17) is 5.73 Å². The molecule has 3 heteroatoms. The Labute approximate surface area is 83.3 Å². The van der Waals surface area contributed by atoms with Crippen LogP contribution in [0, 0.1) is 11.8 Å². The summed E-state index contributed by atoms with van der Waals surface area (Å²) in [6.45, 7) is 2.13. The van der Waals surface area contributed by atoms with Gasteiger partial charge in [0.25, 0.3) is 5.91 Å². The highest BCUT2D eigenvalue weighted by molar-refractivity contribution is 6.03. The van der Waals surface area contributed by atoms with Gasteiger partial charge in [-0.15, -0.1) is 0 Å². The Hall–Kier alpha value is -1.79. The normalized spacial score (nSPS) is 8.71. The van der Waals surface area contributed by atoms with Crippen molar-refractivity contribution in [3.05, 3.63) is 29.8 Å². The van der Waals surface area contributed by atoms with Crippen molar-refractivity contribution in [1.82, 2.24) is 0 Å². The number of hydrogen-bond acceptors (Lipinski definition) is 2. The van der Waals surface area contributed by atoms with E-state index in [1.54, 1.807) is 19.1 Å². The molecule has 0 fully saturated rings. The van der Waals surface area contributed by atoms with Gasteiger partial charge in [-0.05, 0) is 30.5 Å². The van der Waals surface area contributed by atoms with Gasteiger partial charge in [-0.25, -0.2) is 0 Å². The first-order valence-electron chi connectivity index (χ1n) is 4.29. The van der Waals surface area contributed by atoms with Crippen LogP contribution >= 0.6 is 0 Å². The maximum absolute atomic E-state index is 11.1. The zero-order valence-electron chi connectivity index (χ0n) is 8.00. The SMILES string of the molecule is CC#CC(=O)Nc1ccc(CN)cc1. The lowest BCUT2D eigenvalue weighted by atomic mass is 10.2. The predicted molar refractivity (Wildman–Crippen MR) is 56.4 cm³/mol. The van der Waals surface area contributed by atoms with Gasteiger partial charge in [0.15, 0.2) is 0 Å². The van der Waals surface area contributed by atoms with Crippen molar-refractivity contribution in [3.8, 4) is 11.8 Å². The minimum atomic E-state index is -0.298. The van der Waals surface area contributed by atoms with Gasteiger partial charge >= 0.3 is 0 Å². The van der Waals surface area contributed by atoms with E-state index in [2.05, 4.69) is 17.2 Å². The van der Waals surface area contributed by atoms with Crippen LogP contribution in [-0.2, 0) is 11.3 Å². The van der Waals surface area contributed by atoms with E-state index in [1.807, 2.05) is 12.1 Å². The number of nitrogens with two attached hydrogens (primary N) is 1. The molecule has 0 saturated heterocycles. The molecule has 0 saturated carbocycles. The molecule has 1 aromatic carbocycles. The molecule has 14 heavy (non-hydrogen) atoms. The largest absolute Gasteiger partial charge is 0.326 e. The Morgan fingerprint density at radius 1 is 1.43 bits per heavy atom. The number of benzene rings is 1. The molecule has 0 aromatic heterocycles. The highest BCUT2D eigenvalue weighted by atomic mass is 16.1. The maximum Gasteiger partial charge on any atom is 0.300 e. The van der Waals surface area contributed by atoms with Crippen molar-refractivity contribution in [1.29, 1.82) is 0 Å². The number of carbonyl (C=O) groups is 1. The number of anilines is 1. The Morgan fingerprint density at radius 2 is 2.07 bits per heavy atom. The lowest BCUT2D eigenvalue weighted by Crippen LogP contribution is -2.08. The Bertz CT molecular complexity index is 371. The van der Waals surface area contributed by atoms with Gasteiger partial charge < -0.3 is 11.1 Å². The van der Waals surface area contributed by atoms with Crippen molar-refractivity contribution in [3.63, 3.8) is 0 Å².